The second-order valence-electron chi connectivity index (χ2n) is 4.87. The van der Waals surface area contributed by atoms with Gasteiger partial charge in [-0.2, -0.15) is 5.10 Å². The molecule has 2 heterocycles. The molecular formula is C12H21N5S. The Bertz CT molecular complexity index is 408. The third kappa shape index (κ3) is 3.28. The first kappa shape index (κ1) is 13.5. The minimum absolute atomic E-state index is 0.206. The van der Waals surface area contributed by atoms with Gasteiger partial charge in [-0.05, 0) is 13.0 Å². The van der Waals surface area contributed by atoms with Gasteiger partial charge >= 0.3 is 0 Å². The number of rotatable bonds is 4. The van der Waals surface area contributed by atoms with Crippen LogP contribution in [-0.4, -0.2) is 56.8 Å². The summed E-state index contributed by atoms with van der Waals surface area (Å²) in [5.41, 5.74) is 6.82. The number of thiocarbonyl (C=S) groups is 1. The van der Waals surface area contributed by atoms with Gasteiger partial charge in [0.05, 0.1) is 16.7 Å². The van der Waals surface area contributed by atoms with Crippen LogP contribution in [0.5, 0.6) is 0 Å². The molecule has 1 fully saturated rings. The van der Waals surface area contributed by atoms with Crippen LogP contribution in [0.1, 0.15) is 12.6 Å². The number of aromatic nitrogens is 2. The zero-order chi connectivity index (χ0) is 13.1. The van der Waals surface area contributed by atoms with Crippen molar-refractivity contribution in [3.8, 4) is 0 Å². The Morgan fingerprint density at radius 2 is 2.11 bits per heavy atom. The van der Waals surface area contributed by atoms with Crippen molar-refractivity contribution in [3.63, 3.8) is 0 Å². The van der Waals surface area contributed by atoms with Crippen LogP contribution < -0.4 is 5.73 Å². The number of hydrogen-bond donors (Lipinski definition) is 1. The quantitative estimate of drug-likeness (QED) is 0.791. The molecule has 0 spiro atoms. The van der Waals surface area contributed by atoms with Crippen molar-refractivity contribution in [2.75, 3.05) is 26.2 Å². The van der Waals surface area contributed by atoms with Crippen molar-refractivity contribution < 1.29 is 0 Å². The molecular weight excluding hydrogens is 246 g/mol. The molecule has 2 rings (SSSR count). The smallest absolute Gasteiger partial charge is 0.0899 e. The second kappa shape index (κ2) is 5.77. The lowest BCUT2D eigenvalue weighted by molar-refractivity contribution is 0.117. The fourth-order valence-electron chi connectivity index (χ4n) is 2.27. The SMILES string of the molecule is CC(C(N)=S)N1CCN(Cc2ccn(C)n2)CC1. The standard InChI is InChI=1S/C12H21N5S/c1-10(12(13)18)17-7-5-16(6-8-17)9-11-3-4-15(2)14-11/h3-4,10H,5-9H2,1-2H3,(H2,13,18). The molecule has 6 heteroatoms. The molecule has 1 unspecified atom stereocenters. The highest BCUT2D eigenvalue weighted by atomic mass is 32.1. The molecule has 2 N–H and O–H groups in total. The third-order valence-electron chi connectivity index (χ3n) is 3.52. The summed E-state index contributed by atoms with van der Waals surface area (Å²) in [6, 6.07) is 2.28. The van der Waals surface area contributed by atoms with Gasteiger partial charge in [-0.3, -0.25) is 14.5 Å². The van der Waals surface area contributed by atoms with Crippen LogP contribution in [-0.2, 0) is 13.6 Å². The van der Waals surface area contributed by atoms with E-state index in [1.165, 1.54) is 0 Å². The van der Waals surface area contributed by atoms with Crippen molar-refractivity contribution in [3.05, 3.63) is 18.0 Å². The molecule has 1 aromatic rings. The van der Waals surface area contributed by atoms with Crippen LogP contribution >= 0.6 is 12.2 Å². The molecule has 5 nitrogen and oxygen atoms in total. The fraction of sp³-hybridized carbons (Fsp3) is 0.667. The lowest BCUT2D eigenvalue weighted by Crippen LogP contribution is -2.52. The first-order valence-corrected chi connectivity index (χ1v) is 6.71. The molecule has 0 saturated carbocycles. The zero-order valence-corrected chi connectivity index (χ0v) is 11.9. The van der Waals surface area contributed by atoms with Crippen LogP contribution in [0.15, 0.2) is 12.3 Å². The van der Waals surface area contributed by atoms with E-state index in [1.54, 1.807) is 0 Å². The van der Waals surface area contributed by atoms with E-state index < -0.39 is 0 Å². The topological polar surface area (TPSA) is 50.3 Å². The molecule has 0 radical (unpaired) electrons. The molecule has 1 aliphatic heterocycles. The molecule has 100 valence electrons. The van der Waals surface area contributed by atoms with Gasteiger partial charge in [0.15, 0.2) is 0 Å². The fourth-order valence-corrected chi connectivity index (χ4v) is 2.41. The van der Waals surface area contributed by atoms with Crippen LogP contribution in [0.25, 0.3) is 0 Å². The van der Waals surface area contributed by atoms with E-state index in [0.717, 1.165) is 38.4 Å². The molecule has 1 aromatic heterocycles. The molecule has 0 amide bonds. The summed E-state index contributed by atoms with van der Waals surface area (Å²) in [6.07, 6.45) is 1.99. The number of nitrogens with zero attached hydrogens (tertiary/aromatic N) is 4. The predicted octanol–water partition coefficient (Wildman–Crippen LogP) is 0.212. The average molecular weight is 267 g/mol. The summed E-state index contributed by atoms with van der Waals surface area (Å²) in [5, 5.41) is 4.41. The summed E-state index contributed by atoms with van der Waals surface area (Å²) in [6.45, 7) is 7.14. The van der Waals surface area contributed by atoms with E-state index in [9.17, 15) is 0 Å². The zero-order valence-electron chi connectivity index (χ0n) is 11.0. The molecule has 0 aromatic carbocycles. The summed E-state index contributed by atoms with van der Waals surface area (Å²) < 4.78 is 1.85. The lowest BCUT2D eigenvalue weighted by Gasteiger charge is -2.37. The summed E-state index contributed by atoms with van der Waals surface area (Å²) >= 11 is 5.05. The predicted molar refractivity (Wildman–Crippen MR) is 76.3 cm³/mol. The summed E-state index contributed by atoms with van der Waals surface area (Å²) in [5.74, 6) is 0. The largest absolute Gasteiger partial charge is 0.392 e. The molecule has 1 aliphatic rings. The van der Waals surface area contributed by atoms with Crippen molar-refractivity contribution in [2.45, 2.75) is 19.5 Å². The molecule has 1 saturated heterocycles. The van der Waals surface area contributed by atoms with Crippen molar-refractivity contribution >= 4 is 17.2 Å². The van der Waals surface area contributed by atoms with Crippen LogP contribution in [0.2, 0.25) is 0 Å². The number of piperazine rings is 1. The summed E-state index contributed by atoms with van der Waals surface area (Å²) in [4.78, 5) is 5.36. The Kier molecular flexibility index (Phi) is 4.31. The van der Waals surface area contributed by atoms with E-state index >= 15 is 0 Å². The third-order valence-corrected chi connectivity index (χ3v) is 3.86. The minimum Gasteiger partial charge on any atom is -0.392 e. The van der Waals surface area contributed by atoms with E-state index in [4.69, 9.17) is 18.0 Å². The normalized spacial score (nSPS) is 19.9. The van der Waals surface area contributed by atoms with Crippen LogP contribution in [0, 0.1) is 0 Å². The highest BCUT2D eigenvalue weighted by Gasteiger charge is 2.22. The van der Waals surface area contributed by atoms with Gasteiger partial charge in [0.25, 0.3) is 0 Å². The van der Waals surface area contributed by atoms with Gasteiger partial charge < -0.3 is 5.73 Å². The highest BCUT2D eigenvalue weighted by molar-refractivity contribution is 7.80. The molecule has 18 heavy (non-hydrogen) atoms. The Morgan fingerprint density at radius 1 is 1.44 bits per heavy atom. The monoisotopic (exact) mass is 267 g/mol. The van der Waals surface area contributed by atoms with Crippen molar-refractivity contribution in [1.82, 2.24) is 19.6 Å². The number of hydrogen-bond acceptors (Lipinski definition) is 4. The van der Waals surface area contributed by atoms with E-state index in [-0.39, 0.29) is 6.04 Å². The molecule has 0 aliphatic carbocycles. The van der Waals surface area contributed by atoms with Crippen LogP contribution in [0.3, 0.4) is 0 Å². The second-order valence-corrected chi connectivity index (χ2v) is 5.34. The van der Waals surface area contributed by atoms with Gasteiger partial charge in [-0.15, -0.1) is 0 Å². The Labute approximate surface area is 114 Å². The number of nitrogens with two attached hydrogens (primary N) is 1. The first-order chi connectivity index (χ1) is 8.56. The van der Waals surface area contributed by atoms with E-state index in [2.05, 4.69) is 27.9 Å². The summed E-state index contributed by atoms with van der Waals surface area (Å²) in [7, 11) is 1.95. The van der Waals surface area contributed by atoms with Crippen LogP contribution in [0.4, 0.5) is 0 Å². The van der Waals surface area contributed by atoms with Crippen molar-refractivity contribution in [2.24, 2.45) is 12.8 Å². The highest BCUT2D eigenvalue weighted by Crippen LogP contribution is 2.09. The van der Waals surface area contributed by atoms with Crippen molar-refractivity contribution in [1.29, 1.82) is 0 Å². The van der Waals surface area contributed by atoms with E-state index in [1.807, 2.05) is 17.9 Å². The Morgan fingerprint density at radius 3 is 2.61 bits per heavy atom. The maximum Gasteiger partial charge on any atom is 0.0899 e. The minimum atomic E-state index is 0.206. The number of aryl methyl sites for hydroxylation is 1. The molecule has 1 atom stereocenters. The van der Waals surface area contributed by atoms with Gasteiger partial charge in [0, 0.05) is 46.0 Å². The average Bonchev–Trinajstić information content (AvgIpc) is 2.75. The first-order valence-electron chi connectivity index (χ1n) is 6.30. The maximum absolute atomic E-state index is 5.69. The van der Waals surface area contributed by atoms with E-state index in [0.29, 0.717) is 4.99 Å². The van der Waals surface area contributed by atoms with Gasteiger partial charge in [-0.25, -0.2) is 0 Å². The Hall–Kier alpha value is -0.980. The maximum atomic E-state index is 5.69. The van der Waals surface area contributed by atoms with Gasteiger partial charge in [-0.1, -0.05) is 12.2 Å². The lowest BCUT2D eigenvalue weighted by atomic mass is 10.2. The Balaban J connectivity index is 1.81. The van der Waals surface area contributed by atoms with Gasteiger partial charge in [0.1, 0.15) is 0 Å². The van der Waals surface area contributed by atoms with Gasteiger partial charge in [0.2, 0.25) is 0 Å². The molecule has 0 bridgehead atoms.